The van der Waals surface area contributed by atoms with Gasteiger partial charge >= 0.3 is 0 Å². The number of hydrogen-bond acceptors (Lipinski definition) is 5. The van der Waals surface area contributed by atoms with Crippen molar-refractivity contribution in [3.05, 3.63) is 85.0 Å². The molecule has 3 aliphatic heterocycles. The van der Waals surface area contributed by atoms with Gasteiger partial charge in [0.2, 0.25) is 11.8 Å². The van der Waals surface area contributed by atoms with Gasteiger partial charge in [-0.1, -0.05) is 64.5 Å². The minimum Gasteiger partial charge on any atom is -0.395 e. The van der Waals surface area contributed by atoms with E-state index in [2.05, 4.69) is 29.1 Å². The Hall–Kier alpha value is -2.88. The Morgan fingerprint density at radius 3 is 2.29 bits per heavy atom. The van der Waals surface area contributed by atoms with E-state index < -0.39 is 22.6 Å². The Morgan fingerprint density at radius 1 is 1.05 bits per heavy atom. The summed E-state index contributed by atoms with van der Waals surface area (Å²) in [6.45, 7) is 12.0. The summed E-state index contributed by atoms with van der Waals surface area (Å²) in [5.74, 6) is -1.90. The van der Waals surface area contributed by atoms with Crippen LogP contribution in [-0.2, 0) is 14.4 Å². The number of aryl methyl sites for hydroxylation is 2. The van der Waals surface area contributed by atoms with Crippen molar-refractivity contribution in [2.45, 2.75) is 41.1 Å². The number of rotatable bonds is 10. The fourth-order valence-corrected chi connectivity index (χ4v) is 10.7. The average molecular weight is 639 g/mol. The van der Waals surface area contributed by atoms with Crippen LogP contribution < -0.4 is 9.80 Å². The zero-order valence-corrected chi connectivity index (χ0v) is 25.8. The van der Waals surface area contributed by atoms with Gasteiger partial charge in [-0.15, -0.1) is 24.9 Å². The second kappa shape index (κ2) is 11.8. The van der Waals surface area contributed by atoms with E-state index in [9.17, 15) is 19.5 Å². The minimum absolute atomic E-state index is 0.0241. The van der Waals surface area contributed by atoms with Gasteiger partial charge in [0, 0.05) is 41.1 Å². The summed E-state index contributed by atoms with van der Waals surface area (Å²) in [5.41, 5.74) is 3.44. The van der Waals surface area contributed by atoms with Crippen molar-refractivity contribution in [2.24, 2.45) is 11.8 Å². The third kappa shape index (κ3) is 4.76. The molecule has 0 aromatic heterocycles. The van der Waals surface area contributed by atoms with E-state index in [1.165, 1.54) is 4.90 Å². The zero-order chi connectivity index (χ0) is 29.5. The molecule has 9 heteroatoms. The van der Waals surface area contributed by atoms with Crippen LogP contribution in [0.4, 0.5) is 11.4 Å². The molecule has 1 N–H and O–H groups in total. The van der Waals surface area contributed by atoms with E-state index in [0.717, 1.165) is 22.5 Å². The number of benzene rings is 2. The van der Waals surface area contributed by atoms with E-state index in [1.807, 2.05) is 62.4 Å². The maximum atomic E-state index is 14.7. The predicted molar refractivity (Wildman–Crippen MR) is 168 cm³/mol. The SMILES string of the molecule is C=CCN(C(=O)[C@H]1[C@@H]2SC3(CC2Br)C(C(=O)N(CC=C)c2c(C)cccc2C)N(CCO)C(=O)[C@H]13)c1ccccc1. The minimum atomic E-state index is -0.830. The smallest absolute Gasteiger partial charge is 0.251 e. The molecule has 0 radical (unpaired) electrons. The highest BCUT2D eigenvalue weighted by atomic mass is 79.9. The number of thioether (sulfide) groups is 1. The first-order valence-electron chi connectivity index (χ1n) is 13.9. The number of β-amino-alcohol motifs (C(OH)–C–C–N with tert-alkyl or cyclic N) is 1. The summed E-state index contributed by atoms with van der Waals surface area (Å²) >= 11 is 5.44. The summed E-state index contributed by atoms with van der Waals surface area (Å²) in [7, 11) is 0. The maximum absolute atomic E-state index is 14.7. The molecule has 5 rings (SSSR count). The zero-order valence-electron chi connectivity index (χ0n) is 23.4. The number of nitrogens with zero attached hydrogens (tertiary/aromatic N) is 3. The van der Waals surface area contributed by atoms with Crippen LogP contribution in [0.2, 0.25) is 0 Å². The number of carbonyl (C=O) groups excluding carboxylic acids is 3. The second-order valence-corrected chi connectivity index (χ2v) is 13.7. The Morgan fingerprint density at radius 2 is 1.68 bits per heavy atom. The molecule has 2 aromatic carbocycles. The van der Waals surface area contributed by atoms with Gasteiger partial charge in [0.25, 0.3) is 5.91 Å². The first kappa shape index (κ1) is 29.6. The highest BCUT2D eigenvalue weighted by Gasteiger charge is 2.76. The lowest BCUT2D eigenvalue weighted by atomic mass is 9.70. The van der Waals surface area contributed by atoms with E-state index in [4.69, 9.17) is 0 Å². The van der Waals surface area contributed by atoms with Gasteiger partial charge in [0.05, 0.1) is 23.2 Å². The van der Waals surface area contributed by atoms with Crippen LogP contribution in [0.3, 0.4) is 0 Å². The van der Waals surface area contributed by atoms with E-state index in [0.29, 0.717) is 13.0 Å². The number of alkyl halides is 1. The van der Waals surface area contributed by atoms with E-state index >= 15 is 0 Å². The number of aliphatic hydroxyl groups excluding tert-OH is 1. The standard InChI is InChI=1S/C32H36BrN3O4S/c1-5-15-34(22-13-8-7-9-14-22)29(38)24-25-30(39)36(17-18-37)28(32(25)19-23(33)27(24)41-32)31(40)35(16-6-2)26-20(3)11-10-12-21(26)4/h5-14,23-25,27-28,37H,1-2,15-19H2,3-4H3/t23?,24-,25+,27-,28?,32?/m1/s1. The van der Waals surface area contributed by atoms with Gasteiger partial charge in [-0.25, -0.2) is 0 Å². The summed E-state index contributed by atoms with van der Waals surface area (Å²) < 4.78 is -0.810. The lowest BCUT2D eigenvalue weighted by Crippen LogP contribution is -2.56. The van der Waals surface area contributed by atoms with Crippen LogP contribution >= 0.6 is 27.7 Å². The highest BCUT2D eigenvalue weighted by Crippen LogP contribution is 2.68. The lowest BCUT2D eigenvalue weighted by molar-refractivity contribution is -0.139. The number of halogens is 1. The Bertz CT molecular complexity index is 1350. The molecule has 3 saturated heterocycles. The van der Waals surface area contributed by atoms with Crippen LogP contribution in [0.1, 0.15) is 17.5 Å². The molecule has 7 nitrogen and oxygen atoms in total. The topological polar surface area (TPSA) is 81.2 Å². The van der Waals surface area contributed by atoms with Gasteiger partial charge in [-0.05, 0) is 43.5 Å². The molecule has 0 saturated carbocycles. The van der Waals surface area contributed by atoms with Crippen LogP contribution in [0, 0.1) is 25.7 Å². The highest BCUT2D eigenvalue weighted by molar-refractivity contribution is 9.09. The van der Waals surface area contributed by atoms with Crippen molar-refractivity contribution in [1.82, 2.24) is 4.90 Å². The molecule has 3 amide bonds. The van der Waals surface area contributed by atoms with Crippen LogP contribution in [0.5, 0.6) is 0 Å². The summed E-state index contributed by atoms with van der Waals surface area (Å²) in [5, 5.41) is 9.84. The first-order valence-corrected chi connectivity index (χ1v) is 15.7. The third-order valence-electron chi connectivity index (χ3n) is 8.58. The van der Waals surface area contributed by atoms with E-state index in [-0.39, 0.29) is 47.5 Å². The first-order chi connectivity index (χ1) is 19.7. The number of hydrogen-bond donors (Lipinski definition) is 1. The van der Waals surface area contributed by atoms with Crippen molar-refractivity contribution in [3.63, 3.8) is 0 Å². The molecule has 3 unspecified atom stereocenters. The number of carbonyl (C=O) groups is 3. The number of amides is 3. The van der Waals surface area contributed by atoms with E-state index in [1.54, 1.807) is 33.7 Å². The summed E-state index contributed by atoms with van der Waals surface area (Å²) in [6, 6.07) is 14.5. The molecule has 6 atom stereocenters. The van der Waals surface area contributed by atoms with Crippen LogP contribution in [-0.4, -0.2) is 74.8 Å². The Kier molecular flexibility index (Phi) is 8.51. The third-order valence-corrected chi connectivity index (χ3v) is 11.8. The molecular formula is C32H36BrN3O4S. The summed E-state index contributed by atoms with van der Waals surface area (Å²) in [4.78, 5) is 48.2. The molecule has 3 aliphatic rings. The number of para-hydroxylation sites is 2. The molecule has 2 aromatic rings. The van der Waals surface area contributed by atoms with Crippen LogP contribution in [0.25, 0.3) is 0 Å². The van der Waals surface area contributed by atoms with Gasteiger partial charge in [0.15, 0.2) is 0 Å². The van der Waals surface area contributed by atoms with Crippen molar-refractivity contribution < 1.29 is 19.5 Å². The van der Waals surface area contributed by atoms with Crippen molar-refractivity contribution in [2.75, 3.05) is 36.0 Å². The van der Waals surface area contributed by atoms with Gasteiger partial charge < -0.3 is 19.8 Å². The van der Waals surface area contributed by atoms with Gasteiger partial charge in [0.1, 0.15) is 6.04 Å². The van der Waals surface area contributed by atoms with Crippen molar-refractivity contribution in [1.29, 1.82) is 0 Å². The van der Waals surface area contributed by atoms with Gasteiger partial charge in [-0.2, -0.15) is 0 Å². The van der Waals surface area contributed by atoms with Crippen molar-refractivity contribution in [3.8, 4) is 0 Å². The number of fused-ring (bicyclic) bond motifs is 1. The predicted octanol–water partition coefficient (Wildman–Crippen LogP) is 4.50. The molecule has 0 aliphatic carbocycles. The molecule has 216 valence electrons. The molecule has 41 heavy (non-hydrogen) atoms. The number of aliphatic hydroxyl groups is 1. The number of anilines is 2. The monoisotopic (exact) mass is 637 g/mol. The van der Waals surface area contributed by atoms with Gasteiger partial charge in [-0.3, -0.25) is 14.4 Å². The molecule has 3 fully saturated rings. The maximum Gasteiger partial charge on any atom is 0.251 e. The Balaban J connectivity index is 1.60. The Labute approximate surface area is 254 Å². The normalized spacial score (nSPS) is 28.0. The number of likely N-dealkylation sites (tertiary alicyclic amines) is 1. The molecule has 2 bridgehead atoms. The molecule has 1 spiro atoms. The fraction of sp³-hybridized carbons (Fsp3) is 0.406. The quantitative estimate of drug-likeness (QED) is 0.307. The fourth-order valence-electron chi connectivity index (χ4n) is 7.08. The lowest BCUT2D eigenvalue weighted by Gasteiger charge is -2.39. The second-order valence-electron chi connectivity index (χ2n) is 11.0. The largest absolute Gasteiger partial charge is 0.395 e. The van der Waals surface area contributed by atoms with Crippen LogP contribution in [0.15, 0.2) is 73.8 Å². The molecule has 3 heterocycles. The molecular weight excluding hydrogens is 602 g/mol. The summed E-state index contributed by atoms with van der Waals surface area (Å²) in [6.07, 6.45) is 3.95. The average Bonchev–Trinajstić information content (AvgIpc) is 3.54. The van der Waals surface area contributed by atoms with Crippen molar-refractivity contribution >= 4 is 56.8 Å².